The minimum atomic E-state index is -4.16. The number of imidazole rings is 1. The number of rotatable bonds is 12. The van der Waals surface area contributed by atoms with E-state index in [1.54, 1.807) is 44.2 Å². The van der Waals surface area contributed by atoms with E-state index in [9.17, 15) is 24.1 Å². The number of para-hydroxylation sites is 1. The maximum atomic E-state index is 13.7. The Morgan fingerprint density at radius 2 is 2.06 bits per heavy atom. The zero-order chi connectivity index (χ0) is 26.5. The predicted octanol–water partition coefficient (Wildman–Crippen LogP) is 1.78. The highest BCUT2D eigenvalue weighted by Gasteiger charge is 2.41. The second-order valence-corrected chi connectivity index (χ2v) is 10.1. The maximum absolute atomic E-state index is 13.7. The Morgan fingerprint density at radius 3 is 2.61 bits per heavy atom. The van der Waals surface area contributed by atoms with Crippen molar-refractivity contribution in [2.45, 2.75) is 38.6 Å². The van der Waals surface area contributed by atoms with Gasteiger partial charge in [-0.05, 0) is 24.5 Å². The van der Waals surface area contributed by atoms with Gasteiger partial charge in [0.2, 0.25) is 5.88 Å². The van der Waals surface area contributed by atoms with E-state index >= 15 is 0 Å². The summed E-state index contributed by atoms with van der Waals surface area (Å²) in [6, 6.07) is 7.25. The van der Waals surface area contributed by atoms with Crippen molar-refractivity contribution in [1.29, 1.82) is 0 Å². The molecule has 1 saturated heterocycles. The summed E-state index contributed by atoms with van der Waals surface area (Å²) in [6.45, 7) is 3.18. The molecule has 1 amide bonds. The number of methoxy groups -OCH3 is 1. The molecule has 0 bridgehead atoms. The van der Waals surface area contributed by atoms with E-state index in [-0.39, 0.29) is 30.4 Å². The van der Waals surface area contributed by atoms with Gasteiger partial charge < -0.3 is 29.6 Å². The third-order valence-corrected chi connectivity index (χ3v) is 7.04. The van der Waals surface area contributed by atoms with Crippen LogP contribution in [-0.4, -0.2) is 58.7 Å². The molecule has 13 nitrogen and oxygen atoms in total. The highest BCUT2D eigenvalue weighted by Crippen LogP contribution is 2.47. The van der Waals surface area contributed by atoms with Crippen molar-refractivity contribution in [3.05, 3.63) is 42.4 Å². The number of carbonyl (C=O) groups excluding carboxylic acids is 3. The van der Waals surface area contributed by atoms with Crippen molar-refractivity contribution >= 4 is 25.9 Å². The number of hydrogen-bond donors (Lipinski definition) is 3. The third-order valence-electron chi connectivity index (χ3n) is 5.50. The largest absolute Gasteiger partial charge is 0.493 e. The second kappa shape index (κ2) is 11.7. The van der Waals surface area contributed by atoms with E-state index in [0.717, 1.165) is 10.9 Å². The average molecular weight is 524 g/mol. The fraction of sp³-hybridized carbons (Fsp3) is 0.455. The molecule has 1 aromatic heterocycles. The van der Waals surface area contributed by atoms with Crippen LogP contribution in [0.2, 0.25) is 0 Å². The van der Waals surface area contributed by atoms with Crippen LogP contribution in [-0.2, 0) is 28.2 Å². The summed E-state index contributed by atoms with van der Waals surface area (Å²) in [6.07, 6.45) is 0.159. The van der Waals surface area contributed by atoms with E-state index in [0.29, 0.717) is 6.29 Å². The van der Waals surface area contributed by atoms with Crippen LogP contribution in [0.15, 0.2) is 36.7 Å². The molecule has 0 radical (unpaired) electrons. The molecule has 196 valence electrons. The van der Waals surface area contributed by atoms with Gasteiger partial charge in [0, 0.05) is 0 Å². The molecule has 2 heterocycles. The lowest BCUT2D eigenvalue weighted by Gasteiger charge is -2.27. The molecule has 3 rings (SSSR count). The zero-order valence-corrected chi connectivity index (χ0v) is 20.9. The zero-order valence-electron chi connectivity index (χ0n) is 20.0. The summed E-state index contributed by atoms with van der Waals surface area (Å²) in [5.41, 5.74) is 4.82. The summed E-state index contributed by atoms with van der Waals surface area (Å²) in [4.78, 5) is 39.1. The second-order valence-electron chi connectivity index (χ2n) is 8.44. The van der Waals surface area contributed by atoms with E-state index < -0.39 is 49.8 Å². The fourth-order valence-corrected chi connectivity index (χ4v) is 5.34. The number of ether oxygens (including phenoxy) is 2. The summed E-state index contributed by atoms with van der Waals surface area (Å²) in [5.74, 6) is -2.95. The van der Waals surface area contributed by atoms with Gasteiger partial charge in [-0.3, -0.25) is 18.7 Å². The Bertz CT molecular complexity index is 1120. The highest BCUT2D eigenvalue weighted by atomic mass is 31.2. The number of aldehydes is 1. The van der Waals surface area contributed by atoms with Crippen molar-refractivity contribution in [2.24, 2.45) is 17.6 Å². The Kier molecular flexibility index (Phi) is 8.85. The quantitative estimate of drug-likeness (QED) is 0.209. The lowest BCUT2D eigenvalue weighted by Crippen LogP contribution is -2.41. The summed E-state index contributed by atoms with van der Waals surface area (Å²) < 4.78 is 36.8. The van der Waals surface area contributed by atoms with Crippen LogP contribution in [0, 0.1) is 11.8 Å². The molecule has 0 saturated carbocycles. The smallest absolute Gasteiger partial charge is 0.459 e. The van der Waals surface area contributed by atoms with E-state index in [1.807, 2.05) is 0 Å². The standard InChI is InChI=1S/C22H29N4O9P/c1-13(2)17(22(30)32-3)25-36(31,35-15-7-5-4-6-8-15)33-11-16-9-14(10-27)21(34-16)26-12-24-18(19(23)28)20(26)29/h4-8,10,12-14,16-17,21,29H,9,11H2,1-3H3,(H2,23,28)(H,25,31)/t14?,16-,17?,21+,36?/m0/s1. The number of carbonyl (C=O) groups is 3. The van der Waals surface area contributed by atoms with Crippen LogP contribution in [0.1, 0.15) is 37.0 Å². The first kappa shape index (κ1) is 27.3. The van der Waals surface area contributed by atoms with Crippen molar-refractivity contribution in [1.82, 2.24) is 14.6 Å². The number of aromatic hydroxyl groups is 1. The Balaban J connectivity index is 1.78. The molecular weight excluding hydrogens is 495 g/mol. The molecule has 5 atom stereocenters. The fourth-order valence-electron chi connectivity index (χ4n) is 3.65. The minimum absolute atomic E-state index is 0.146. The lowest BCUT2D eigenvalue weighted by atomic mass is 10.1. The first-order chi connectivity index (χ1) is 17.1. The first-order valence-corrected chi connectivity index (χ1v) is 12.6. The molecule has 3 unspecified atom stereocenters. The number of nitrogens with one attached hydrogen (secondary N) is 1. The molecular formula is C22H29N4O9P. The number of benzene rings is 1. The van der Waals surface area contributed by atoms with Crippen LogP contribution >= 0.6 is 7.75 Å². The normalized spacial score (nSPS) is 22.1. The highest BCUT2D eigenvalue weighted by molar-refractivity contribution is 7.52. The lowest BCUT2D eigenvalue weighted by molar-refractivity contribution is -0.143. The minimum Gasteiger partial charge on any atom is -0.493 e. The molecule has 1 fully saturated rings. The van der Waals surface area contributed by atoms with Gasteiger partial charge in [-0.15, -0.1) is 0 Å². The monoisotopic (exact) mass is 524 g/mol. The van der Waals surface area contributed by atoms with Crippen molar-refractivity contribution < 1.29 is 42.6 Å². The van der Waals surface area contributed by atoms with Crippen molar-refractivity contribution in [3.63, 3.8) is 0 Å². The summed E-state index contributed by atoms with van der Waals surface area (Å²) in [5, 5.41) is 12.9. The molecule has 1 aliphatic rings. The predicted molar refractivity (Wildman–Crippen MR) is 125 cm³/mol. The van der Waals surface area contributed by atoms with Gasteiger partial charge in [-0.25, -0.2) is 9.55 Å². The average Bonchev–Trinajstić information content (AvgIpc) is 3.44. The van der Waals surface area contributed by atoms with Crippen LogP contribution in [0.3, 0.4) is 0 Å². The van der Waals surface area contributed by atoms with Gasteiger partial charge >= 0.3 is 13.7 Å². The van der Waals surface area contributed by atoms with Crippen molar-refractivity contribution in [3.8, 4) is 11.6 Å². The Hall–Kier alpha value is -3.25. The number of nitrogens with two attached hydrogens (primary N) is 1. The number of primary amides is 1. The maximum Gasteiger partial charge on any atom is 0.459 e. The van der Waals surface area contributed by atoms with Gasteiger partial charge in [0.05, 0.1) is 25.7 Å². The molecule has 36 heavy (non-hydrogen) atoms. The van der Waals surface area contributed by atoms with Crippen LogP contribution in [0.5, 0.6) is 11.6 Å². The van der Waals surface area contributed by atoms with E-state index in [1.165, 1.54) is 7.11 Å². The number of aromatic nitrogens is 2. The molecule has 2 aromatic rings. The number of hydrogen-bond acceptors (Lipinski definition) is 10. The molecule has 1 aliphatic heterocycles. The molecule has 1 aromatic carbocycles. The topological polar surface area (TPSA) is 181 Å². The van der Waals surface area contributed by atoms with Gasteiger partial charge in [-0.1, -0.05) is 32.0 Å². The van der Waals surface area contributed by atoms with Gasteiger partial charge in [0.1, 0.15) is 30.6 Å². The molecule has 0 aliphatic carbocycles. The first-order valence-electron chi connectivity index (χ1n) is 11.1. The number of esters is 1. The van der Waals surface area contributed by atoms with Crippen molar-refractivity contribution in [2.75, 3.05) is 13.7 Å². The number of nitrogens with zero attached hydrogens (tertiary/aromatic N) is 2. The Labute approximate surface area is 207 Å². The molecule has 14 heteroatoms. The van der Waals surface area contributed by atoms with E-state index in [4.69, 9.17) is 24.3 Å². The summed E-state index contributed by atoms with van der Waals surface area (Å²) in [7, 11) is -2.95. The third kappa shape index (κ3) is 6.30. The van der Waals surface area contributed by atoms with Gasteiger partial charge in [0.25, 0.3) is 5.91 Å². The van der Waals surface area contributed by atoms with Crippen LogP contribution in [0.4, 0.5) is 0 Å². The summed E-state index contributed by atoms with van der Waals surface area (Å²) >= 11 is 0. The van der Waals surface area contributed by atoms with Crippen LogP contribution < -0.4 is 15.3 Å². The molecule has 0 spiro atoms. The SMILES string of the molecule is COC(=O)C(NP(=O)(OC[C@@H]1CC(C=O)[C@H](n2cnc(C(N)=O)c2O)O1)Oc1ccccc1)C(C)C. The number of amides is 1. The van der Waals surface area contributed by atoms with E-state index in [2.05, 4.69) is 10.1 Å². The Morgan fingerprint density at radius 1 is 1.36 bits per heavy atom. The van der Waals surface area contributed by atoms with Gasteiger partial charge in [-0.2, -0.15) is 5.09 Å². The molecule has 4 N–H and O–H groups in total. The van der Waals surface area contributed by atoms with Crippen LogP contribution in [0.25, 0.3) is 0 Å². The van der Waals surface area contributed by atoms with Gasteiger partial charge in [0.15, 0.2) is 5.69 Å².